The number of ether oxygens (including phenoxy) is 2. The monoisotopic (exact) mass is 362 g/mol. The highest BCUT2D eigenvalue weighted by molar-refractivity contribution is 9.10. The SMILES string of the molecule is COCCOc1cnc(N)nc1-c1c[nH]c2ccc(Br)cc12. The molecule has 6 nitrogen and oxygen atoms in total. The van der Waals surface area contributed by atoms with E-state index in [4.69, 9.17) is 15.2 Å². The molecule has 0 aliphatic rings. The van der Waals surface area contributed by atoms with E-state index in [1.165, 1.54) is 0 Å². The molecule has 3 aromatic rings. The van der Waals surface area contributed by atoms with Crippen LogP contribution in [0, 0.1) is 0 Å². The highest BCUT2D eigenvalue weighted by Crippen LogP contribution is 2.34. The first-order valence-corrected chi connectivity index (χ1v) is 7.49. The lowest BCUT2D eigenvalue weighted by atomic mass is 10.1. The van der Waals surface area contributed by atoms with Crippen molar-refractivity contribution in [3.8, 4) is 17.0 Å². The van der Waals surface area contributed by atoms with E-state index in [1.54, 1.807) is 13.3 Å². The van der Waals surface area contributed by atoms with Crippen molar-refractivity contribution in [3.63, 3.8) is 0 Å². The summed E-state index contributed by atoms with van der Waals surface area (Å²) in [5.74, 6) is 0.783. The summed E-state index contributed by atoms with van der Waals surface area (Å²) in [6.45, 7) is 0.909. The van der Waals surface area contributed by atoms with Crippen LogP contribution in [0.25, 0.3) is 22.2 Å². The predicted molar refractivity (Wildman–Crippen MR) is 88.8 cm³/mol. The molecule has 3 rings (SSSR count). The lowest BCUT2D eigenvalue weighted by Crippen LogP contribution is -2.07. The highest BCUT2D eigenvalue weighted by atomic mass is 79.9. The van der Waals surface area contributed by atoms with Crippen molar-refractivity contribution in [1.82, 2.24) is 15.0 Å². The first-order valence-electron chi connectivity index (χ1n) is 6.70. The number of methoxy groups -OCH3 is 1. The van der Waals surface area contributed by atoms with E-state index in [2.05, 4.69) is 30.9 Å². The Morgan fingerprint density at radius 3 is 3.00 bits per heavy atom. The molecule has 0 aliphatic heterocycles. The van der Waals surface area contributed by atoms with Gasteiger partial charge in [-0.3, -0.25) is 0 Å². The molecule has 2 heterocycles. The van der Waals surface area contributed by atoms with Gasteiger partial charge in [-0.1, -0.05) is 15.9 Å². The number of benzene rings is 1. The molecule has 0 unspecified atom stereocenters. The normalized spacial score (nSPS) is 11.0. The van der Waals surface area contributed by atoms with Gasteiger partial charge in [-0.15, -0.1) is 0 Å². The molecule has 0 amide bonds. The second-order valence-electron chi connectivity index (χ2n) is 4.67. The van der Waals surface area contributed by atoms with Crippen LogP contribution in [0.1, 0.15) is 0 Å². The summed E-state index contributed by atoms with van der Waals surface area (Å²) in [5.41, 5.74) is 8.33. The number of nitrogen functional groups attached to an aromatic ring is 1. The van der Waals surface area contributed by atoms with Gasteiger partial charge in [0.2, 0.25) is 5.95 Å². The van der Waals surface area contributed by atoms with Crippen LogP contribution in [0.5, 0.6) is 5.75 Å². The zero-order valence-corrected chi connectivity index (χ0v) is 13.6. The standard InChI is InChI=1S/C15H15BrN4O2/c1-21-4-5-22-13-8-19-15(17)20-14(13)11-7-18-12-3-2-9(16)6-10(11)12/h2-3,6-8,18H,4-5H2,1H3,(H2,17,19,20). The number of hydrogen-bond acceptors (Lipinski definition) is 5. The fourth-order valence-corrected chi connectivity index (χ4v) is 2.57. The van der Waals surface area contributed by atoms with Gasteiger partial charge in [-0.05, 0) is 18.2 Å². The van der Waals surface area contributed by atoms with Crippen LogP contribution in [0.15, 0.2) is 35.1 Å². The topological polar surface area (TPSA) is 86.1 Å². The molecule has 1 aromatic carbocycles. The van der Waals surface area contributed by atoms with Gasteiger partial charge in [-0.2, -0.15) is 0 Å². The number of nitrogens with two attached hydrogens (primary N) is 1. The maximum atomic E-state index is 5.74. The van der Waals surface area contributed by atoms with E-state index in [-0.39, 0.29) is 5.95 Å². The minimum absolute atomic E-state index is 0.207. The minimum atomic E-state index is 0.207. The summed E-state index contributed by atoms with van der Waals surface area (Å²) >= 11 is 3.49. The molecule has 2 aromatic heterocycles. The number of anilines is 1. The maximum absolute atomic E-state index is 5.74. The van der Waals surface area contributed by atoms with Gasteiger partial charge in [0.15, 0.2) is 5.75 Å². The minimum Gasteiger partial charge on any atom is -0.487 e. The van der Waals surface area contributed by atoms with E-state index < -0.39 is 0 Å². The van der Waals surface area contributed by atoms with Crippen LogP contribution in [0.3, 0.4) is 0 Å². The third kappa shape index (κ3) is 2.90. The van der Waals surface area contributed by atoms with Crippen LogP contribution in [-0.2, 0) is 4.74 Å². The summed E-state index contributed by atoms with van der Waals surface area (Å²) in [5, 5.41) is 1.03. The van der Waals surface area contributed by atoms with Crippen molar-refractivity contribution in [2.75, 3.05) is 26.1 Å². The lowest BCUT2D eigenvalue weighted by Gasteiger charge is -2.10. The van der Waals surface area contributed by atoms with Gasteiger partial charge < -0.3 is 20.2 Å². The van der Waals surface area contributed by atoms with E-state index in [9.17, 15) is 0 Å². The molecule has 3 N–H and O–H groups in total. The molecule has 0 spiro atoms. The third-order valence-corrected chi connectivity index (χ3v) is 3.71. The van der Waals surface area contributed by atoms with Crippen molar-refractivity contribution in [1.29, 1.82) is 0 Å². The Kier molecular flexibility index (Phi) is 4.26. The molecular weight excluding hydrogens is 348 g/mol. The number of hydrogen-bond donors (Lipinski definition) is 2. The number of aromatic amines is 1. The number of H-pyrrole nitrogens is 1. The lowest BCUT2D eigenvalue weighted by molar-refractivity contribution is 0.146. The summed E-state index contributed by atoms with van der Waals surface area (Å²) in [6, 6.07) is 6.00. The zero-order chi connectivity index (χ0) is 15.5. The Morgan fingerprint density at radius 2 is 2.18 bits per heavy atom. The fourth-order valence-electron chi connectivity index (χ4n) is 2.21. The van der Waals surface area contributed by atoms with Gasteiger partial charge >= 0.3 is 0 Å². The molecule has 0 fully saturated rings. The van der Waals surface area contributed by atoms with Crippen LogP contribution in [0.2, 0.25) is 0 Å². The number of halogens is 1. The molecule has 0 radical (unpaired) electrons. The number of rotatable bonds is 5. The molecular formula is C15H15BrN4O2. The van der Waals surface area contributed by atoms with Crippen molar-refractivity contribution in [2.24, 2.45) is 0 Å². The third-order valence-electron chi connectivity index (χ3n) is 3.22. The van der Waals surface area contributed by atoms with Crippen molar-refractivity contribution >= 4 is 32.8 Å². The van der Waals surface area contributed by atoms with E-state index in [0.717, 1.165) is 20.9 Å². The van der Waals surface area contributed by atoms with Gasteiger partial charge in [0.05, 0.1) is 12.8 Å². The Labute approximate surface area is 135 Å². The number of aromatic nitrogens is 3. The van der Waals surface area contributed by atoms with Gasteiger partial charge in [0.1, 0.15) is 12.3 Å². The highest BCUT2D eigenvalue weighted by Gasteiger charge is 2.14. The number of nitrogens with one attached hydrogen (secondary N) is 1. The average Bonchev–Trinajstić information content (AvgIpc) is 2.91. The van der Waals surface area contributed by atoms with Gasteiger partial charge in [-0.25, -0.2) is 9.97 Å². The molecule has 0 saturated heterocycles. The van der Waals surface area contributed by atoms with E-state index in [1.807, 2.05) is 24.4 Å². The quantitative estimate of drug-likeness (QED) is 0.681. The van der Waals surface area contributed by atoms with Gasteiger partial charge in [0.25, 0.3) is 0 Å². The van der Waals surface area contributed by atoms with E-state index in [0.29, 0.717) is 24.7 Å². The summed E-state index contributed by atoms with van der Waals surface area (Å²) in [6.07, 6.45) is 3.48. The Bertz CT molecular complexity index is 803. The smallest absolute Gasteiger partial charge is 0.220 e. The van der Waals surface area contributed by atoms with Crippen molar-refractivity contribution < 1.29 is 9.47 Å². The first-order chi connectivity index (χ1) is 10.7. The van der Waals surface area contributed by atoms with Crippen LogP contribution in [-0.4, -0.2) is 35.3 Å². The maximum Gasteiger partial charge on any atom is 0.220 e. The van der Waals surface area contributed by atoms with Crippen molar-refractivity contribution in [2.45, 2.75) is 0 Å². The Hall–Kier alpha value is -2.12. The van der Waals surface area contributed by atoms with E-state index >= 15 is 0 Å². The summed E-state index contributed by atoms with van der Waals surface area (Å²) in [7, 11) is 1.63. The molecule has 0 saturated carbocycles. The Balaban J connectivity index is 2.08. The molecule has 0 aliphatic carbocycles. The number of fused-ring (bicyclic) bond motifs is 1. The second kappa shape index (κ2) is 6.33. The molecule has 7 heteroatoms. The zero-order valence-electron chi connectivity index (χ0n) is 12.0. The largest absolute Gasteiger partial charge is 0.487 e. The van der Waals surface area contributed by atoms with Crippen LogP contribution < -0.4 is 10.5 Å². The Morgan fingerprint density at radius 1 is 1.32 bits per heavy atom. The molecule has 114 valence electrons. The first kappa shape index (κ1) is 14.8. The molecule has 22 heavy (non-hydrogen) atoms. The second-order valence-corrected chi connectivity index (χ2v) is 5.59. The van der Waals surface area contributed by atoms with Crippen LogP contribution >= 0.6 is 15.9 Å². The fraction of sp³-hybridized carbons (Fsp3) is 0.200. The average molecular weight is 363 g/mol. The van der Waals surface area contributed by atoms with Crippen molar-refractivity contribution in [3.05, 3.63) is 35.1 Å². The number of nitrogens with zero attached hydrogens (tertiary/aromatic N) is 2. The summed E-state index contributed by atoms with van der Waals surface area (Å²) in [4.78, 5) is 11.6. The molecule has 0 atom stereocenters. The predicted octanol–water partition coefficient (Wildman–Crippen LogP) is 2.99. The van der Waals surface area contributed by atoms with Crippen LogP contribution in [0.4, 0.5) is 5.95 Å². The van der Waals surface area contributed by atoms with Gasteiger partial charge in [0, 0.05) is 34.2 Å². The molecule has 0 bridgehead atoms. The summed E-state index contributed by atoms with van der Waals surface area (Å²) < 4.78 is 11.7.